The average Bonchev–Trinajstić information content (AvgIpc) is 3.15. The summed E-state index contributed by atoms with van der Waals surface area (Å²) in [7, 11) is 2.79. The van der Waals surface area contributed by atoms with Gasteiger partial charge in [0.1, 0.15) is 12.3 Å². The van der Waals surface area contributed by atoms with Gasteiger partial charge in [0.25, 0.3) is 0 Å². The number of esters is 1. The Bertz CT molecular complexity index is 1110. The third-order valence-corrected chi connectivity index (χ3v) is 5.86. The van der Waals surface area contributed by atoms with Gasteiger partial charge in [-0.2, -0.15) is 0 Å². The largest absolute Gasteiger partial charge is 0.464 e. The van der Waals surface area contributed by atoms with Gasteiger partial charge < -0.3 is 24.7 Å². The molecule has 1 amide bonds. The van der Waals surface area contributed by atoms with Crippen LogP contribution in [0.4, 0.5) is 11.4 Å². The van der Waals surface area contributed by atoms with Crippen LogP contribution in [-0.2, 0) is 27.2 Å². The molecule has 0 saturated carbocycles. The molecular weight excluding hydrogens is 432 g/mol. The number of nitrogens with zero attached hydrogens (tertiary/aromatic N) is 2. The third kappa shape index (κ3) is 6.14. The predicted molar refractivity (Wildman–Crippen MR) is 134 cm³/mol. The van der Waals surface area contributed by atoms with Gasteiger partial charge in [-0.3, -0.25) is 4.79 Å². The zero-order valence-corrected chi connectivity index (χ0v) is 20.4. The number of nitrogens with one attached hydrogen (secondary N) is 2. The normalized spacial score (nSPS) is 11.9. The molecule has 0 spiro atoms. The summed E-state index contributed by atoms with van der Waals surface area (Å²) in [4.78, 5) is 30.0. The molecule has 8 heteroatoms. The second-order valence-corrected chi connectivity index (χ2v) is 8.43. The van der Waals surface area contributed by atoms with Gasteiger partial charge in [0.2, 0.25) is 5.91 Å². The van der Waals surface area contributed by atoms with Gasteiger partial charge in [0, 0.05) is 25.6 Å². The van der Waals surface area contributed by atoms with Gasteiger partial charge in [-0.25, -0.2) is 9.78 Å². The maximum absolute atomic E-state index is 12.9. The monoisotopic (exact) mass is 466 g/mol. The number of amides is 1. The standard InChI is InChI=1S/C26H34N4O4/c1-5-18(2)15-27-20-14-21-23(29-22(31)17-33-3)24(26(32)34-4)30(25(21)28-16-20)13-9-12-19-10-7-6-8-11-19/h6-8,10-11,14,16,18,27H,5,9,12-13,15,17H2,1-4H3,(H,29,31)/t18-/m1/s1. The van der Waals surface area contributed by atoms with Crippen LogP contribution in [0.15, 0.2) is 42.6 Å². The van der Waals surface area contributed by atoms with Crippen LogP contribution in [0, 0.1) is 5.92 Å². The minimum absolute atomic E-state index is 0.124. The fourth-order valence-corrected chi connectivity index (χ4v) is 3.80. The number of pyridine rings is 1. The first-order valence-electron chi connectivity index (χ1n) is 11.7. The van der Waals surface area contributed by atoms with Crippen molar-refractivity contribution >= 4 is 34.3 Å². The predicted octanol–water partition coefficient (Wildman–Crippen LogP) is 4.50. The highest BCUT2D eigenvalue weighted by molar-refractivity contribution is 6.11. The molecule has 0 aliphatic rings. The summed E-state index contributed by atoms with van der Waals surface area (Å²) in [6.45, 7) is 5.54. The molecule has 1 atom stereocenters. The maximum atomic E-state index is 12.9. The molecule has 34 heavy (non-hydrogen) atoms. The minimum Gasteiger partial charge on any atom is -0.464 e. The van der Waals surface area contributed by atoms with Crippen molar-refractivity contribution in [3.05, 3.63) is 53.9 Å². The lowest BCUT2D eigenvalue weighted by Crippen LogP contribution is -2.20. The summed E-state index contributed by atoms with van der Waals surface area (Å²) in [6.07, 6.45) is 4.46. The molecule has 0 radical (unpaired) electrons. The van der Waals surface area contributed by atoms with Crippen LogP contribution in [0.1, 0.15) is 42.7 Å². The van der Waals surface area contributed by atoms with Crippen LogP contribution in [0.2, 0.25) is 0 Å². The average molecular weight is 467 g/mol. The van der Waals surface area contributed by atoms with Crippen LogP contribution in [-0.4, -0.2) is 48.8 Å². The van der Waals surface area contributed by atoms with Gasteiger partial charge in [0.15, 0.2) is 5.69 Å². The molecular formula is C26H34N4O4. The van der Waals surface area contributed by atoms with E-state index in [1.54, 1.807) is 6.20 Å². The van der Waals surface area contributed by atoms with E-state index in [4.69, 9.17) is 9.47 Å². The number of methoxy groups -OCH3 is 2. The molecule has 0 bridgehead atoms. The smallest absolute Gasteiger partial charge is 0.356 e. The summed E-state index contributed by atoms with van der Waals surface area (Å²) in [5.41, 5.74) is 3.34. The molecule has 0 saturated heterocycles. The molecule has 1 aromatic carbocycles. The summed E-state index contributed by atoms with van der Waals surface area (Å²) in [5, 5.41) is 6.93. The highest BCUT2D eigenvalue weighted by Crippen LogP contribution is 2.33. The Morgan fingerprint density at radius 3 is 2.62 bits per heavy atom. The van der Waals surface area contributed by atoms with Crippen LogP contribution < -0.4 is 10.6 Å². The van der Waals surface area contributed by atoms with Crippen molar-refractivity contribution in [2.75, 3.05) is 38.0 Å². The number of rotatable bonds is 12. The lowest BCUT2D eigenvalue weighted by molar-refractivity contribution is -0.119. The molecule has 0 fully saturated rings. The van der Waals surface area contributed by atoms with Gasteiger partial charge in [0.05, 0.1) is 24.7 Å². The van der Waals surface area contributed by atoms with Crippen LogP contribution >= 0.6 is 0 Å². The molecule has 0 aliphatic heterocycles. The number of aromatic nitrogens is 2. The zero-order chi connectivity index (χ0) is 24.5. The van der Waals surface area contributed by atoms with Crippen LogP contribution in [0.5, 0.6) is 0 Å². The summed E-state index contributed by atoms with van der Waals surface area (Å²) >= 11 is 0. The van der Waals surface area contributed by atoms with Crippen molar-refractivity contribution in [1.29, 1.82) is 0 Å². The quantitative estimate of drug-likeness (QED) is 0.382. The second kappa shape index (κ2) is 12.2. The van der Waals surface area contributed by atoms with Crippen molar-refractivity contribution in [1.82, 2.24) is 9.55 Å². The van der Waals surface area contributed by atoms with E-state index in [9.17, 15) is 9.59 Å². The maximum Gasteiger partial charge on any atom is 0.356 e. The summed E-state index contributed by atoms with van der Waals surface area (Å²) < 4.78 is 11.9. The Morgan fingerprint density at radius 1 is 1.18 bits per heavy atom. The molecule has 2 aromatic heterocycles. The van der Waals surface area contributed by atoms with Crippen molar-refractivity contribution in [2.45, 2.75) is 39.7 Å². The first-order chi connectivity index (χ1) is 16.5. The van der Waals surface area contributed by atoms with E-state index < -0.39 is 5.97 Å². The van der Waals surface area contributed by atoms with Crippen molar-refractivity contribution in [2.24, 2.45) is 5.92 Å². The number of benzene rings is 1. The fraction of sp³-hybridized carbons (Fsp3) is 0.423. The van der Waals surface area contributed by atoms with E-state index in [1.165, 1.54) is 19.8 Å². The number of hydrogen-bond donors (Lipinski definition) is 2. The lowest BCUT2D eigenvalue weighted by Gasteiger charge is -2.11. The van der Waals surface area contributed by atoms with E-state index in [2.05, 4.69) is 41.6 Å². The Labute approximate surface area is 200 Å². The summed E-state index contributed by atoms with van der Waals surface area (Å²) in [6, 6.07) is 12.1. The number of carbonyl (C=O) groups is 2. The molecule has 0 unspecified atom stereocenters. The Hall–Kier alpha value is -3.39. The zero-order valence-electron chi connectivity index (χ0n) is 20.4. The number of aryl methyl sites for hydroxylation is 2. The number of anilines is 2. The first kappa shape index (κ1) is 25.2. The fourth-order valence-electron chi connectivity index (χ4n) is 3.80. The van der Waals surface area contributed by atoms with Gasteiger partial charge in [-0.05, 0) is 30.4 Å². The van der Waals surface area contributed by atoms with Crippen molar-refractivity contribution in [3.63, 3.8) is 0 Å². The minimum atomic E-state index is -0.528. The number of ether oxygens (including phenoxy) is 2. The van der Waals surface area contributed by atoms with Crippen molar-refractivity contribution in [3.8, 4) is 0 Å². The summed E-state index contributed by atoms with van der Waals surface area (Å²) in [5.74, 6) is -0.377. The Kier molecular flexibility index (Phi) is 9.04. The van der Waals surface area contributed by atoms with E-state index in [-0.39, 0.29) is 18.2 Å². The second-order valence-electron chi connectivity index (χ2n) is 8.43. The number of carbonyl (C=O) groups excluding carboxylic acids is 2. The number of hydrogen-bond acceptors (Lipinski definition) is 6. The molecule has 3 aromatic rings. The van der Waals surface area contributed by atoms with Crippen LogP contribution in [0.25, 0.3) is 11.0 Å². The first-order valence-corrected chi connectivity index (χ1v) is 11.7. The number of fused-ring (bicyclic) bond motifs is 1. The van der Waals surface area contributed by atoms with E-state index in [1.807, 2.05) is 28.8 Å². The highest BCUT2D eigenvalue weighted by atomic mass is 16.5. The third-order valence-electron chi connectivity index (χ3n) is 5.86. The van der Waals surface area contributed by atoms with E-state index in [0.29, 0.717) is 29.2 Å². The van der Waals surface area contributed by atoms with Crippen LogP contribution in [0.3, 0.4) is 0 Å². The molecule has 182 valence electrons. The molecule has 8 nitrogen and oxygen atoms in total. The van der Waals surface area contributed by atoms with Gasteiger partial charge >= 0.3 is 5.97 Å². The molecule has 2 heterocycles. The Balaban J connectivity index is 2.02. The SMILES string of the molecule is CC[C@@H](C)CNc1cnc2c(c1)c(NC(=O)COC)c(C(=O)OC)n2CCCc1ccccc1. The van der Waals surface area contributed by atoms with E-state index in [0.717, 1.165) is 31.5 Å². The molecule has 0 aliphatic carbocycles. The Morgan fingerprint density at radius 2 is 1.94 bits per heavy atom. The highest BCUT2D eigenvalue weighted by Gasteiger charge is 2.26. The lowest BCUT2D eigenvalue weighted by atomic mass is 10.1. The van der Waals surface area contributed by atoms with Gasteiger partial charge in [-0.15, -0.1) is 0 Å². The van der Waals surface area contributed by atoms with E-state index >= 15 is 0 Å². The van der Waals surface area contributed by atoms with Crippen molar-refractivity contribution < 1.29 is 19.1 Å². The van der Waals surface area contributed by atoms with Gasteiger partial charge in [-0.1, -0.05) is 50.6 Å². The molecule has 3 rings (SSSR count). The molecule has 2 N–H and O–H groups in total. The topological polar surface area (TPSA) is 94.5 Å².